The molecule has 198 valence electrons. The zero-order valence-electron chi connectivity index (χ0n) is 22.3. The van der Waals surface area contributed by atoms with E-state index in [1.54, 1.807) is 20.5 Å². The van der Waals surface area contributed by atoms with Gasteiger partial charge in [0.05, 0.1) is 26.2 Å². The number of para-hydroxylation sites is 1. The third kappa shape index (κ3) is 4.67. The molecule has 3 aromatic heterocycles. The number of methoxy groups -OCH3 is 2. The van der Waals surface area contributed by atoms with Gasteiger partial charge in [0.15, 0.2) is 5.84 Å². The third-order valence-corrected chi connectivity index (χ3v) is 6.88. The number of aryl methyl sites for hydroxylation is 2. The summed E-state index contributed by atoms with van der Waals surface area (Å²) in [6.07, 6.45) is 3.67. The molecule has 9 heteroatoms. The molecule has 2 aromatic carbocycles. The van der Waals surface area contributed by atoms with E-state index < -0.39 is 0 Å². The second-order valence-corrected chi connectivity index (χ2v) is 9.49. The molecule has 6 rings (SSSR count). The van der Waals surface area contributed by atoms with Crippen LogP contribution in [0.25, 0.3) is 16.7 Å². The smallest absolute Gasteiger partial charge is 0.238 e. The van der Waals surface area contributed by atoms with Crippen LogP contribution in [-0.4, -0.2) is 46.1 Å². The predicted octanol–water partition coefficient (Wildman–Crippen LogP) is 5.58. The van der Waals surface area contributed by atoms with Gasteiger partial charge < -0.3 is 28.2 Å². The van der Waals surface area contributed by atoms with Crippen LogP contribution in [0, 0.1) is 13.8 Å². The number of nitrogens with zero attached hydrogens (tertiary/aromatic N) is 5. The summed E-state index contributed by atoms with van der Waals surface area (Å²) in [7, 11) is 3.27. The first-order valence-corrected chi connectivity index (χ1v) is 12.7. The van der Waals surface area contributed by atoms with Gasteiger partial charge in [-0.25, -0.2) is 9.97 Å². The number of fused-ring (bicyclic) bond motifs is 1. The van der Waals surface area contributed by atoms with Crippen LogP contribution >= 0.6 is 0 Å². The lowest BCUT2D eigenvalue weighted by Crippen LogP contribution is -2.40. The molecule has 1 aliphatic rings. The molecule has 0 amide bonds. The third-order valence-electron chi connectivity index (χ3n) is 6.88. The van der Waals surface area contributed by atoms with Crippen LogP contribution in [0.15, 0.2) is 82.8 Å². The lowest BCUT2D eigenvalue weighted by Gasteiger charge is -2.35. The van der Waals surface area contributed by atoms with Crippen molar-refractivity contribution in [2.45, 2.75) is 26.4 Å². The number of oxime groups is 1. The predicted molar refractivity (Wildman–Crippen MR) is 147 cm³/mol. The number of rotatable bonds is 7. The van der Waals surface area contributed by atoms with E-state index in [1.807, 2.05) is 60.2 Å². The molecule has 0 N–H and O–H groups in total. The van der Waals surface area contributed by atoms with Crippen LogP contribution in [0.1, 0.15) is 34.3 Å². The highest BCUT2D eigenvalue weighted by Gasteiger charge is 2.33. The number of hydrogen-bond donors (Lipinski definition) is 0. The van der Waals surface area contributed by atoms with E-state index in [0.717, 1.165) is 45.0 Å². The number of furan rings is 1. The fourth-order valence-electron chi connectivity index (χ4n) is 4.85. The SMILES string of the molecule is COc1ccc(CN2C(c3ccc(-n4cnc(C)c4)c(OC)n3)=NOCC2c2cc3cccc(C)c3o2)cc1. The first kappa shape index (κ1) is 24.5. The second-order valence-electron chi connectivity index (χ2n) is 9.49. The zero-order valence-corrected chi connectivity index (χ0v) is 22.3. The molecule has 0 radical (unpaired) electrons. The highest BCUT2D eigenvalue weighted by molar-refractivity contribution is 5.97. The van der Waals surface area contributed by atoms with E-state index in [2.05, 4.69) is 40.2 Å². The number of hydrogen-bond acceptors (Lipinski definition) is 8. The van der Waals surface area contributed by atoms with E-state index >= 15 is 0 Å². The van der Waals surface area contributed by atoms with Crippen molar-refractivity contribution in [3.63, 3.8) is 0 Å². The monoisotopic (exact) mass is 523 g/mol. The van der Waals surface area contributed by atoms with Crippen LogP contribution in [-0.2, 0) is 11.4 Å². The summed E-state index contributed by atoms with van der Waals surface area (Å²) < 4.78 is 19.3. The average molecular weight is 524 g/mol. The van der Waals surface area contributed by atoms with Gasteiger partial charge >= 0.3 is 0 Å². The van der Waals surface area contributed by atoms with Crippen LogP contribution in [0.3, 0.4) is 0 Å². The molecule has 1 unspecified atom stereocenters. The maximum Gasteiger partial charge on any atom is 0.238 e. The summed E-state index contributed by atoms with van der Waals surface area (Å²) in [6, 6.07) is 19.9. The number of benzene rings is 2. The quantitative estimate of drug-likeness (QED) is 0.275. The number of amidine groups is 1. The Balaban J connectivity index is 1.42. The minimum absolute atomic E-state index is 0.227. The van der Waals surface area contributed by atoms with E-state index in [0.29, 0.717) is 30.6 Å². The molecular formula is C30H29N5O4. The lowest BCUT2D eigenvalue weighted by atomic mass is 10.1. The van der Waals surface area contributed by atoms with E-state index in [4.69, 9.17) is 23.7 Å². The summed E-state index contributed by atoms with van der Waals surface area (Å²) in [5, 5.41) is 5.53. The fourth-order valence-corrected chi connectivity index (χ4v) is 4.85. The normalized spacial score (nSPS) is 15.2. The van der Waals surface area contributed by atoms with Crippen LogP contribution < -0.4 is 9.47 Å². The zero-order chi connectivity index (χ0) is 26.9. The molecule has 39 heavy (non-hydrogen) atoms. The van der Waals surface area contributed by atoms with Gasteiger partial charge in [-0.05, 0) is 55.3 Å². The van der Waals surface area contributed by atoms with Crippen LogP contribution in [0.4, 0.5) is 0 Å². The van der Waals surface area contributed by atoms with Gasteiger partial charge in [0.25, 0.3) is 0 Å². The van der Waals surface area contributed by atoms with Gasteiger partial charge in [0.1, 0.15) is 41.1 Å². The molecule has 0 aliphatic carbocycles. The largest absolute Gasteiger partial charge is 0.497 e. The second kappa shape index (κ2) is 10.2. The Labute approximate surface area is 226 Å². The Morgan fingerprint density at radius 3 is 2.56 bits per heavy atom. The van der Waals surface area contributed by atoms with Gasteiger partial charge in [0, 0.05) is 18.1 Å². The summed E-state index contributed by atoms with van der Waals surface area (Å²) >= 11 is 0. The van der Waals surface area contributed by atoms with Gasteiger partial charge in [-0.2, -0.15) is 0 Å². The Kier molecular flexibility index (Phi) is 6.40. The first-order chi connectivity index (χ1) is 19.0. The molecule has 0 fully saturated rings. The van der Waals surface area contributed by atoms with Crippen molar-refractivity contribution in [1.82, 2.24) is 19.4 Å². The number of pyridine rings is 1. The minimum atomic E-state index is -0.227. The lowest BCUT2D eigenvalue weighted by molar-refractivity contribution is 0.0500. The average Bonchev–Trinajstić information content (AvgIpc) is 3.60. The van der Waals surface area contributed by atoms with Crippen LogP contribution in [0.2, 0.25) is 0 Å². The van der Waals surface area contributed by atoms with Gasteiger partial charge in [-0.15, -0.1) is 0 Å². The van der Waals surface area contributed by atoms with E-state index in [-0.39, 0.29) is 6.04 Å². The highest BCUT2D eigenvalue weighted by atomic mass is 16.6. The molecule has 9 nitrogen and oxygen atoms in total. The highest BCUT2D eigenvalue weighted by Crippen LogP contribution is 2.34. The molecule has 1 atom stereocenters. The number of aromatic nitrogens is 3. The molecular weight excluding hydrogens is 494 g/mol. The summed E-state index contributed by atoms with van der Waals surface area (Å²) in [6.45, 7) is 4.88. The Bertz CT molecular complexity index is 1650. The van der Waals surface area contributed by atoms with Gasteiger partial charge in [0.2, 0.25) is 5.88 Å². The van der Waals surface area contributed by atoms with Gasteiger partial charge in [-0.3, -0.25) is 0 Å². The molecule has 0 saturated heterocycles. The van der Waals surface area contributed by atoms with E-state index in [1.165, 1.54) is 0 Å². The number of ether oxygens (including phenoxy) is 2. The van der Waals surface area contributed by atoms with Crippen molar-refractivity contribution < 1.29 is 18.7 Å². The maximum absolute atomic E-state index is 6.40. The van der Waals surface area contributed by atoms with Crippen molar-refractivity contribution in [1.29, 1.82) is 0 Å². The first-order valence-electron chi connectivity index (χ1n) is 12.7. The summed E-state index contributed by atoms with van der Waals surface area (Å²) in [4.78, 5) is 17.1. The summed E-state index contributed by atoms with van der Waals surface area (Å²) in [5.74, 6) is 2.65. The van der Waals surface area contributed by atoms with Crippen LogP contribution in [0.5, 0.6) is 11.6 Å². The van der Waals surface area contributed by atoms with Crippen molar-refractivity contribution in [3.05, 3.63) is 101 Å². The molecule has 0 spiro atoms. The van der Waals surface area contributed by atoms with Crippen molar-refractivity contribution in [2.75, 3.05) is 20.8 Å². The minimum Gasteiger partial charge on any atom is -0.497 e. The molecule has 0 bridgehead atoms. The Hall–Kier alpha value is -4.79. The molecule has 4 heterocycles. The van der Waals surface area contributed by atoms with E-state index in [9.17, 15) is 0 Å². The van der Waals surface area contributed by atoms with Crippen molar-refractivity contribution in [3.8, 4) is 17.3 Å². The fraction of sp³-hybridized carbons (Fsp3) is 0.233. The maximum atomic E-state index is 6.40. The molecule has 1 aliphatic heterocycles. The van der Waals surface area contributed by atoms with Crippen molar-refractivity contribution in [2.24, 2.45) is 5.16 Å². The molecule has 5 aromatic rings. The summed E-state index contributed by atoms with van der Waals surface area (Å²) in [5.41, 5.74) is 5.35. The Morgan fingerprint density at radius 2 is 1.85 bits per heavy atom. The van der Waals surface area contributed by atoms with Gasteiger partial charge in [-0.1, -0.05) is 35.5 Å². The standard InChI is InChI=1S/C30H29N5O4/c1-19-6-5-7-22-14-27(39-28(19)22)26-17-38-33-29(35(26)16-21-8-10-23(36-3)11-9-21)24-12-13-25(30(32-24)37-4)34-15-20(2)31-18-34/h5-15,18,26H,16-17H2,1-4H3. The van der Waals surface area contributed by atoms with Crippen molar-refractivity contribution >= 4 is 16.8 Å². The Morgan fingerprint density at radius 1 is 1.00 bits per heavy atom. The number of imidazole rings is 1. The topological polar surface area (TPSA) is 87.1 Å². The molecule has 0 saturated carbocycles.